The van der Waals surface area contributed by atoms with Gasteiger partial charge in [-0.15, -0.1) is 5.10 Å². The highest BCUT2D eigenvalue weighted by atomic mass is 16.7. The molecule has 1 aliphatic heterocycles. The molecule has 0 fully saturated rings. The number of anilines is 1. The number of ether oxygens (including phenoxy) is 3. The average Bonchev–Trinajstić information content (AvgIpc) is 3.40. The Labute approximate surface area is 174 Å². The molecule has 2 aromatic carbocycles. The van der Waals surface area contributed by atoms with Gasteiger partial charge in [0.2, 0.25) is 12.7 Å². The first-order chi connectivity index (χ1) is 14.7. The number of carbonyl (C=O) groups excluding carboxylic acids is 1. The first-order valence-electron chi connectivity index (χ1n) is 9.96. The lowest BCUT2D eigenvalue weighted by molar-refractivity contribution is 0.102. The van der Waals surface area contributed by atoms with E-state index in [1.807, 2.05) is 18.2 Å². The summed E-state index contributed by atoms with van der Waals surface area (Å²) in [7, 11) is 0. The van der Waals surface area contributed by atoms with Gasteiger partial charge in [-0.1, -0.05) is 30.9 Å². The second-order valence-electron chi connectivity index (χ2n) is 6.90. The van der Waals surface area contributed by atoms with E-state index >= 15 is 0 Å². The van der Waals surface area contributed by atoms with Crippen LogP contribution in [0.15, 0.2) is 46.9 Å². The number of aromatic nitrogens is 2. The number of hydrogen-bond acceptors (Lipinski definition) is 7. The molecule has 1 aromatic heterocycles. The summed E-state index contributed by atoms with van der Waals surface area (Å²) in [4.78, 5) is 12.4. The van der Waals surface area contributed by atoms with Crippen LogP contribution in [0.25, 0.3) is 0 Å². The molecule has 1 aliphatic rings. The Balaban J connectivity index is 1.31. The van der Waals surface area contributed by atoms with E-state index < -0.39 is 0 Å². The van der Waals surface area contributed by atoms with E-state index in [-0.39, 0.29) is 18.7 Å². The molecule has 1 amide bonds. The number of nitrogens with one attached hydrogen (secondary N) is 1. The molecule has 8 heteroatoms. The number of rotatable bonds is 9. The third-order valence-electron chi connectivity index (χ3n) is 4.61. The highest BCUT2D eigenvalue weighted by Crippen LogP contribution is 2.33. The fourth-order valence-corrected chi connectivity index (χ4v) is 3.01. The molecule has 0 saturated carbocycles. The minimum atomic E-state index is -0.328. The second-order valence-corrected chi connectivity index (χ2v) is 6.90. The Bertz CT molecular complexity index is 1000. The molecule has 8 nitrogen and oxygen atoms in total. The zero-order valence-corrected chi connectivity index (χ0v) is 16.7. The normalized spacial score (nSPS) is 12.0. The second kappa shape index (κ2) is 9.30. The van der Waals surface area contributed by atoms with Crippen LogP contribution in [0.1, 0.15) is 48.0 Å². The van der Waals surface area contributed by atoms with Crippen molar-refractivity contribution < 1.29 is 23.4 Å². The number of benzene rings is 2. The van der Waals surface area contributed by atoms with E-state index in [1.54, 1.807) is 24.3 Å². The maximum Gasteiger partial charge on any atom is 0.322 e. The van der Waals surface area contributed by atoms with E-state index in [9.17, 15) is 4.79 Å². The Kier molecular flexibility index (Phi) is 6.12. The smallest absolute Gasteiger partial charge is 0.322 e. The molecule has 0 bridgehead atoms. The third kappa shape index (κ3) is 4.89. The predicted octanol–water partition coefficient (Wildman–Crippen LogP) is 4.21. The van der Waals surface area contributed by atoms with Crippen LogP contribution in [-0.4, -0.2) is 29.5 Å². The molecule has 3 aromatic rings. The SMILES string of the molecule is CCCCCOc1ccc(C(=O)Nc2nnc(Cc3ccc4c(c3)OCO4)o2)cc1. The van der Waals surface area contributed by atoms with Crippen LogP contribution in [0.2, 0.25) is 0 Å². The quantitative estimate of drug-likeness (QED) is 0.529. The number of hydrogen-bond donors (Lipinski definition) is 1. The maximum atomic E-state index is 12.4. The Morgan fingerprint density at radius 3 is 2.73 bits per heavy atom. The number of carbonyl (C=O) groups is 1. The van der Waals surface area contributed by atoms with E-state index in [1.165, 1.54) is 0 Å². The van der Waals surface area contributed by atoms with Crippen molar-refractivity contribution in [3.8, 4) is 17.2 Å². The molecule has 156 valence electrons. The van der Waals surface area contributed by atoms with Gasteiger partial charge in [0.25, 0.3) is 5.91 Å². The summed E-state index contributed by atoms with van der Waals surface area (Å²) in [6, 6.07) is 12.6. The van der Waals surface area contributed by atoms with E-state index in [0.29, 0.717) is 30.2 Å². The lowest BCUT2D eigenvalue weighted by Gasteiger charge is -2.06. The summed E-state index contributed by atoms with van der Waals surface area (Å²) in [5.41, 5.74) is 1.42. The predicted molar refractivity (Wildman–Crippen MR) is 109 cm³/mol. The zero-order valence-electron chi connectivity index (χ0n) is 16.7. The van der Waals surface area contributed by atoms with Gasteiger partial charge in [0.15, 0.2) is 11.5 Å². The highest BCUT2D eigenvalue weighted by molar-refractivity contribution is 6.03. The fourth-order valence-electron chi connectivity index (χ4n) is 3.01. The van der Waals surface area contributed by atoms with Gasteiger partial charge in [0, 0.05) is 5.56 Å². The van der Waals surface area contributed by atoms with E-state index in [0.717, 1.165) is 36.3 Å². The molecule has 30 heavy (non-hydrogen) atoms. The van der Waals surface area contributed by atoms with Crippen molar-refractivity contribution in [2.45, 2.75) is 32.6 Å². The highest BCUT2D eigenvalue weighted by Gasteiger charge is 2.16. The Morgan fingerprint density at radius 1 is 1.07 bits per heavy atom. The van der Waals surface area contributed by atoms with Crippen LogP contribution in [-0.2, 0) is 6.42 Å². The summed E-state index contributed by atoms with van der Waals surface area (Å²) in [5, 5.41) is 10.5. The molecule has 0 saturated heterocycles. The third-order valence-corrected chi connectivity index (χ3v) is 4.61. The van der Waals surface area contributed by atoms with Crippen molar-refractivity contribution in [1.82, 2.24) is 10.2 Å². The number of amides is 1. The van der Waals surface area contributed by atoms with Crippen LogP contribution >= 0.6 is 0 Å². The van der Waals surface area contributed by atoms with Crippen molar-refractivity contribution in [3.63, 3.8) is 0 Å². The topological polar surface area (TPSA) is 95.7 Å². The van der Waals surface area contributed by atoms with Crippen molar-refractivity contribution in [2.24, 2.45) is 0 Å². The molecule has 0 aliphatic carbocycles. The van der Waals surface area contributed by atoms with Crippen LogP contribution < -0.4 is 19.5 Å². The van der Waals surface area contributed by atoms with Crippen molar-refractivity contribution in [1.29, 1.82) is 0 Å². The van der Waals surface area contributed by atoms with Gasteiger partial charge in [0.1, 0.15) is 5.75 Å². The maximum absolute atomic E-state index is 12.4. The molecule has 2 heterocycles. The standard InChI is InChI=1S/C22H23N3O5/c1-2-3-4-11-27-17-8-6-16(7-9-17)21(26)23-22-25-24-20(30-22)13-15-5-10-18-19(12-15)29-14-28-18/h5-10,12H,2-4,11,13-14H2,1H3,(H,23,25,26). The molecular formula is C22H23N3O5. The minimum absolute atomic E-state index is 0.0515. The molecule has 1 N–H and O–H groups in total. The zero-order chi connectivity index (χ0) is 20.8. The molecular weight excluding hydrogens is 386 g/mol. The lowest BCUT2D eigenvalue weighted by atomic mass is 10.1. The average molecular weight is 409 g/mol. The van der Waals surface area contributed by atoms with Gasteiger partial charge in [-0.3, -0.25) is 10.1 Å². The first-order valence-corrected chi connectivity index (χ1v) is 9.96. The summed E-state index contributed by atoms with van der Waals surface area (Å²) in [6.45, 7) is 3.05. The van der Waals surface area contributed by atoms with Crippen molar-refractivity contribution in [2.75, 3.05) is 18.7 Å². The van der Waals surface area contributed by atoms with Crippen molar-refractivity contribution >= 4 is 11.9 Å². The minimum Gasteiger partial charge on any atom is -0.494 e. The van der Waals surface area contributed by atoms with Gasteiger partial charge < -0.3 is 18.6 Å². The number of fused-ring (bicyclic) bond motifs is 1. The van der Waals surface area contributed by atoms with Gasteiger partial charge in [-0.25, -0.2) is 0 Å². The Hall–Kier alpha value is -3.55. The fraction of sp³-hybridized carbons (Fsp3) is 0.318. The summed E-state index contributed by atoms with van der Waals surface area (Å²) in [6.07, 6.45) is 3.73. The largest absolute Gasteiger partial charge is 0.494 e. The van der Waals surface area contributed by atoms with Crippen molar-refractivity contribution in [3.05, 3.63) is 59.5 Å². The molecule has 0 unspecified atom stereocenters. The molecule has 0 spiro atoms. The van der Waals surface area contributed by atoms with E-state index in [2.05, 4.69) is 22.4 Å². The van der Waals surface area contributed by atoms with Gasteiger partial charge in [-0.05, 0) is 48.4 Å². The van der Waals surface area contributed by atoms with Crippen LogP contribution in [0, 0.1) is 0 Å². The number of nitrogens with zero attached hydrogens (tertiary/aromatic N) is 2. The van der Waals surface area contributed by atoms with E-state index in [4.69, 9.17) is 18.6 Å². The molecule has 4 rings (SSSR count). The lowest BCUT2D eigenvalue weighted by Crippen LogP contribution is -2.12. The van der Waals surface area contributed by atoms with Crippen LogP contribution in [0.4, 0.5) is 6.01 Å². The summed E-state index contributed by atoms with van der Waals surface area (Å²) >= 11 is 0. The Morgan fingerprint density at radius 2 is 1.90 bits per heavy atom. The van der Waals surface area contributed by atoms with Gasteiger partial charge in [-0.2, -0.15) is 0 Å². The summed E-state index contributed by atoms with van der Waals surface area (Å²) < 4.78 is 21.9. The summed E-state index contributed by atoms with van der Waals surface area (Å²) in [5.74, 6) is 2.21. The first kappa shape index (κ1) is 19.8. The van der Waals surface area contributed by atoms with Gasteiger partial charge in [0.05, 0.1) is 13.0 Å². The van der Waals surface area contributed by atoms with Crippen LogP contribution in [0.3, 0.4) is 0 Å². The monoisotopic (exact) mass is 409 g/mol. The molecule has 0 atom stereocenters. The van der Waals surface area contributed by atoms with Gasteiger partial charge >= 0.3 is 6.01 Å². The molecule has 0 radical (unpaired) electrons. The number of unbranched alkanes of at least 4 members (excludes halogenated alkanes) is 2. The van der Waals surface area contributed by atoms with Crippen LogP contribution in [0.5, 0.6) is 17.2 Å².